The van der Waals surface area contributed by atoms with E-state index in [9.17, 15) is 20.4 Å². The molecule has 2 aliphatic rings. The molecule has 0 radical (unpaired) electrons. The molecule has 6 rings (SSSR count). The zero-order valence-electron chi connectivity index (χ0n) is 24.0. The molecule has 0 heterocycles. The van der Waals surface area contributed by atoms with Gasteiger partial charge < -0.3 is 20.4 Å². The molecule has 0 saturated heterocycles. The van der Waals surface area contributed by atoms with Crippen molar-refractivity contribution in [3.05, 3.63) is 115 Å². The van der Waals surface area contributed by atoms with Gasteiger partial charge in [0.15, 0.2) is 0 Å². The Morgan fingerprint density at radius 3 is 0.841 bits per heavy atom. The lowest BCUT2D eigenvalue weighted by atomic mass is 9.57. The molecule has 0 aromatic heterocycles. The number of phenolic OH excluding ortho intramolecular Hbond substituents is 4. The Morgan fingerprint density at radius 2 is 0.636 bits per heavy atom. The Bertz CT molecular complexity index is 1460. The summed E-state index contributed by atoms with van der Waals surface area (Å²) in [6, 6.07) is 21.8. The molecule has 4 nitrogen and oxygen atoms in total. The molecule has 4 aromatic rings. The third kappa shape index (κ3) is 5.60. The van der Waals surface area contributed by atoms with E-state index in [1.807, 2.05) is 48.5 Å². The van der Waals surface area contributed by atoms with Crippen molar-refractivity contribution in [1.29, 1.82) is 0 Å². The fraction of sp³-hybridized carbons (Fsp3) is 0.333. The van der Waals surface area contributed by atoms with E-state index < -0.39 is 0 Å². The van der Waals surface area contributed by atoms with Crippen LogP contribution < -0.4 is 0 Å². The average Bonchev–Trinajstić information content (AvgIpc) is 3.02. The van der Waals surface area contributed by atoms with Crippen LogP contribution in [-0.4, -0.2) is 20.4 Å². The van der Waals surface area contributed by atoms with Gasteiger partial charge in [-0.3, -0.25) is 0 Å². The fourth-order valence-corrected chi connectivity index (χ4v) is 8.64. The normalized spacial score (nSPS) is 18.7. The van der Waals surface area contributed by atoms with Gasteiger partial charge in [0.2, 0.25) is 0 Å². The molecule has 2 fully saturated rings. The van der Waals surface area contributed by atoms with E-state index >= 15 is 0 Å². The van der Waals surface area contributed by atoms with Crippen molar-refractivity contribution >= 4 is 46.4 Å². The van der Waals surface area contributed by atoms with Crippen molar-refractivity contribution in [3.63, 3.8) is 0 Å². The van der Waals surface area contributed by atoms with Crippen molar-refractivity contribution in [2.24, 2.45) is 11.8 Å². The van der Waals surface area contributed by atoms with Crippen molar-refractivity contribution in [3.8, 4) is 23.0 Å². The van der Waals surface area contributed by atoms with E-state index in [-0.39, 0.29) is 33.8 Å². The third-order valence-electron chi connectivity index (χ3n) is 10.4. The Balaban J connectivity index is 1.27. The Labute approximate surface area is 277 Å². The molecular weight excluding hydrogens is 638 g/mol. The summed E-state index contributed by atoms with van der Waals surface area (Å²) in [5, 5.41) is 41.8. The second-order valence-corrected chi connectivity index (χ2v) is 14.1. The van der Waals surface area contributed by atoms with Gasteiger partial charge in [-0.25, -0.2) is 0 Å². The summed E-state index contributed by atoms with van der Waals surface area (Å²) in [5.41, 5.74) is 3.48. The molecule has 2 saturated carbocycles. The van der Waals surface area contributed by atoms with Gasteiger partial charge >= 0.3 is 0 Å². The molecule has 4 aromatic carbocycles. The van der Waals surface area contributed by atoms with Crippen molar-refractivity contribution < 1.29 is 20.4 Å². The molecule has 0 aliphatic heterocycles. The second-order valence-electron chi connectivity index (χ2n) is 12.5. The van der Waals surface area contributed by atoms with Gasteiger partial charge in [-0.05, 0) is 134 Å². The minimum absolute atomic E-state index is 0.0542. The Hall–Kier alpha value is -2.76. The average molecular weight is 672 g/mol. The Morgan fingerprint density at radius 1 is 0.409 bits per heavy atom. The lowest BCUT2D eigenvalue weighted by Gasteiger charge is -2.47. The highest BCUT2D eigenvalue weighted by Crippen LogP contribution is 2.55. The fourth-order valence-electron chi connectivity index (χ4n) is 7.91. The second kappa shape index (κ2) is 12.2. The first-order valence-corrected chi connectivity index (χ1v) is 16.5. The highest BCUT2D eigenvalue weighted by Gasteiger charge is 2.44. The highest BCUT2D eigenvalue weighted by atomic mass is 35.5. The van der Waals surface area contributed by atoms with E-state index in [4.69, 9.17) is 46.4 Å². The molecule has 8 heteroatoms. The Kier molecular flexibility index (Phi) is 8.67. The summed E-state index contributed by atoms with van der Waals surface area (Å²) < 4.78 is 0. The summed E-state index contributed by atoms with van der Waals surface area (Å²) in [7, 11) is 0. The molecule has 0 spiro atoms. The number of benzene rings is 4. The quantitative estimate of drug-likeness (QED) is 0.170. The number of phenols is 4. The van der Waals surface area contributed by atoms with E-state index in [0.717, 1.165) is 73.6 Å². The predicted octanol–water partition coefficient (Wildman–Crippen LogP) is 10.8. The summed E-state index contributed by atoms with van der Waals surface area (Å²) in [6.07, 6.45) is 7.64. The number of hydrogen-bond acceptors (Lipinski definition) is 4. The molecule has 0 atom stereocenters. The maximum atomic E-state index is 10.1. The van der Waals surface area contributed by atoms with Gasteiger partial charge in [-0.1, -0.05) is 70.7 Å². The molecular formula is C36H34Cl4O4. The molecule has 44 heavy (non-hydrogen) atoms. The predicted molar refractivity (Wildman–Crippen MR) is 178 cm³/mol. The summed E-state index contributed by atoms with van der Waals surface area (Å²) in [6.45, 7) is 0. The number of aromatic hydroxyl groups is 4. The lowest BCUT2D eigenvalue weighted by Crippen LogP contribution is -2.38. The van der Waals surface area contributed by atoms with Gasteiger partial charge in [0.1, 0.15) is 23.0 Å². The molecule has 230 valence electrons. The van der Waals surface area contributed by atoms with Crippen LogP contribution in [0.25, 0.3) is 0 Å². The van der Waals surface area contributed by atoms with Crippen molar-refractivity contribution in [2.45, 2.75) is 62.2 Å². The first-order valence-electron chi connectivity index (χ1n) is 15.0. The maximum absolute atomic E-state index is 10.1. The maximum Gasteiger partial charge on any atom is 0.134 e. The van der Waals surface area contributed by atoms with Crippen LogP contribution in [0.15, 0.2) is 72.8 Å². The third-order valence-corrected chi connectivity index (χ3v) is 11.6. The van der Waals surface area contributed by atoms with Gasteiger partial charge in [-0.15, -0.1) is 0 Å². The summed E-state index contributed by atoms with van der Waals surface area (Å²) in [4.78, 5) is 0. The monoisotopic (exact) mass is 670 g/mol. The first kappa shape index (κ1) is 31.2. The van der Waals surface area contributed by atoms with Crippen LogP contribution in [0.4, 0.5) is 0 Å². The van der Waals surface area contributed by atoms with Crippen LogP contribution >= 0.6 is 46.4 Å². The van der Waals surface area contributed by atoms with Gasteiger partial charge in [0.05, 0.1) is 20.1 Å². The van der Waals surface area contributed by atoms with E-state index in [2.05, 4.69) is 0 Å². The number of rotatable bonds is 5. The number of hydrogen-bond donors (Lipinski definition) is 4. The van der Waals surface area contributed by atoms with Gasteiger partial charge in [-0.2, -0.15) is 0 Å². The summed E-state index contributed by atoms with van der Waals surface area (Å²) in [5.74, 6) is 1.29. The lowest BCUT2D eigenvalue weighted by molar-refractivity contribution is 0.140. The standard InChI is InChI=1S/C36H34Cl4O4/c37-27-17-23(1-5-31(27)41)35(24-2-6-32(42)28(38)18-24)13-9-21(10-14-35)22-11-15-36(16-12-22,25-3-7-33(43)29(39)19-25)26-4-8-34(44)30(40)20-26/h1-8,17-22,41-44H,9-16H2. The molecule has 2 aliphatic carbocycles. The highest BCUT2D eigenvalue weighted by molar-refractivity contribution is 6.33. The molecule has 0 amide bonds. The van der Waals surface area contributed by atoms with Crippen molar-refractivity contribution in [1.82, 2.24) is 0 Å². The van der Waals surface area contributed by atoms with E-state index in [1.165, 1.54) is 0 Å². The minimum Gasteiger partial charge on any atom is -0.506 e. The SMILES string of the molecule is Oc1ccc(C2(c3ccc(O)c(Cl)c3)CCC(C3CCC(c4ccc(O)c(Cl)c4)(c4ccc(O)c(Cl)c4)CC3)CC2)cc1Cl. The van der Waals surface area contributed by atoms with E-state index in [0.29, 0.717) is 31.9 Å². The minimum atomic E-state index is -0.338. The van der Waals surface area contributed by atoms with Crippen LogP contribution in [0.5, 0.6) is 23.0 Å². The van der Waals surface area contributed by atoms with Crippen LogP contribution in [0.2, 0.25) is 20.1 Å². The van der Waals surface area contributed by atoms with Crippen LogP contribution in [0.3, 0.4) is 0 Å². The molecule has 4 N–H and O–H groups in total. The van der Waals surface area contributed by atoms with Gasteiger partial charge in [0.25, 0.3) is 0 Å². The topological polar surface area (TPSA) is 80.9 Å². The van der Waals surface area contributed by atoms with Crippen LogP contribution in [-0.2, 0) is 10.8 Å². The summed E-state index contributed by atoms with van der Waals surface area (Å²) >= 11 is 25.6. The number of halogens is 4. The molecule has 0 bridgehead atoms. The largest absolute Gasteiger partial charge is 0.506 e. The van der Waals surface area contributed by atoms with E-state index in [1.54, 1.807) is 24.3 Å². The van der Waals surface area contributed by atoms with Gasteiger partial charge in [0, 0.05) is 10.8 Å². The zero-order valence-corrected chi connectivity index (χ0v) is 27.1. The van der Waals surface area contributed by atoms with Crippen molar-refractivity contribution in [2.75, 3.05) is 0 Å². The zero-order chi connectivity index (χ0) is 31.2. The molecule has 0 unspecified atom stereocenters. The smallest absolute Gasteiger partial charge is 0.134 e. The first-order chi connectivity index (χ1) is 21.0. The van der Waals surface area contributed by atoms with Crippen LogP contribution in [0.1, 0.15) is 73.6 Å². The van der Waals surface area contributed by atoms with Crippen LogP contribution in [0, 0.1) is 11.8 Å².